The Balaban J connectivity index is 2.81. The number of pyridine rings is 1. The quantitative estimate of drug-likeness (QED) is 0.732. The van der Waals surface area contributed by atoms with Gasteiger partial charge in [-0.15, -0.1) is 0 Å². The van der Waals surface area contributed by atoms with Crippen LogP contribution in [0.2, 0.25) is 10.3 Å². The number of hydrogen-bond acceptors (Lipinski definition) is 2. The van der Waals surface area contributed by atoms with E-state index in [9.17, 15) is 0 Å². The summed E-state index contributed by atoms with van der Waals surface area (Å²) >= 11 is 15.2. The molecule has 15 heavy (non-hydrogen) atoms. The van der Waals surface area contributed by atoms with E-state index in [-0.39, 0.29) is 0 Å². The van der Waals surface area contributed by atoms with Crippen molar-refractivity contribution >= 4 is 49.9 Å². The molecular formula is C10H6BrCl2NO. The minimum atomic E-state index is 0.378. The minimum absolute atomic E-state index is 0.378. The lowest BCUT2D eigenvalue weighted by Crippen LogP contribution is -1.87. The highest BCUT2D eigenvalue weighted by Crippen LogP contribution is 2.33. The van der Waals surface area contributed by atoms with Gasteiger partial charge in [0.05, 0.1) is 11.6 Å². The number of methoxy groups -OCH3 is 1. The van der Waals surface area contributed by atoms with Gasteiger partial charge in [-0.25, -0.2) is 4.98 Å². The Morgan fingerprint density at radius 1 is 1.27 bits per heavy atom. The predicted molar refractivity (Wildman–Crippen MR) is 66.0 cm³/mol. The third-order valence-corrected chi connectivity index (χ3v) is 3.13. The molecule has 0 spiro atoms. The zero-order valence-electron chi connectivity index (χ0n) is 7.72. The Labute approximate surface area is 105 Å². The highest BCUT2D eigenvalue weighted by molar-refractivity contribution is 9.10. The predicted octanol–water partition coefficient (Wildman–Crippen LogP) is 4.31. The molecule has 0 radical (unpaired) electrons. The van der Waals surface area contributed by atoms with Gasteiger partial charge in [0.1, 0.15) is 16.1 Å². The topological polar surface area (TPSA) is 22.1 Å². The number of hydrogen-bond donors (Lipinski definition) is 0. The zero-order valence-corrected chi connectivity index (χ0v) is 10.8. The number of benzene rings is 1. The van der Waals surface area contributed by atoms with Gasteiger partial charge in [0.2, 0.25) is 0 Å². The van der Waals surface area contributed by atoms with E-state index in [2.05, 4.69) is 20.9 Å². The first-order valence-electron chi connectivity index (χ1n) is 4.11. The first-order chi connectivity index (χ1) is 7.11. The highest BCUT2D eigenvalue weighted by atomic mass is 79.9. The number of ether oxygens (including phenoxy) is 1. The molecule has 0 saturated heterocycles. The molecule has 1 aromatic heterocycles. The van der Waals surface area contributed by atoms with Crippen molar-refractivity contribution in [2.45, 2.75) is 0 Å². The molecule has 0 amide bonds. The maximum atomic E-state index is 5.98. The molecule has 2 rings (SSSR count). The van der Waals surface area contributed by atoms with Crippen molar-refractivity contribution in [3.8, 4) is 5.75 Å². The number of halogens is 3. The van der Waals surface area contributed by atoms with E-state index in [1.54, 1.807) is 13.2 Å². The summed E-state index contributed by atoms with van der Waals surface area (Å²) in [6.07, 6.45) is 0. The number of nitrogens with zero attached hydrogens (tertiary/aromatic N) is 1. The SMILES string of the molecule is COc1cc2c(Cl)nc(Cl)cc2cc1Br. The van der Waals surface area contributed by atoms with Gasteiger partial charge in [-0.3, -0.25) is 0 Å². The molecule has 2 nitrogen and oxygen atoms in total. The minimum Gasteiger partial charge on any atom is -0.496 e. The molecule has 0 aliphatic rings. The second-order valence-electron chi connectivity index (χ2n) is 2.94. The van der Waals surface area contributed by atoms with Crippen molar-refractivity contribution in [3.63, 3.8) is 0 Å². The fraction of sp³-hybridized carbons (Fsp3) is 0.100. The smallest absolute Gasteiger partial charge is 0.138 e. The van der Waals surface area contributed by atoms with Crippen LogP contribution in [0.15, 0.2) is 22.7 Å². The first kappa shape index (κ1) is 11.0. The van der Waals surface area contributed by atoms with Crippen LogP contribution in [0, 0.1) is 0 Å². The maximum absolute atomic E-state index is 5.98. The normalized spacial score (nSPS) is 10.7. The lowest BCUT2D eigenvalue weighted by atomic mass is 10.2. The van der Waals surface area contributed by atoms with Gasteiger partial charge in [0.15, 0.2) is 0 Å². The van der Waals surface area contributed by atoms with Crippen molar-refractivity contribution < 1.29 is 4.74 Å². The maximum Gasteiger partial charge on any atom is 0.138 e. The third-order valence-electron chi connectivity index (χ3n) is 2.03. The summed E-state index contributed by atoms with van der Waals surface area (Å²) in [5.41, 5.74) is 0. The van der Waals surface area contributed by atoms with Crippen LogP contribution in [0.25, 0.3) is 10.8 Å². The van der Waals surface area contributed by atoms with Crippen LogP contribution in [0.1, 0.15) is 0 Å². The second-order valence-corrected chi connectivity index (χ2v) is 4.54. The van der Waals surface area contributed by atoms with Gasteiger partial charge in [-0.1, -0.05) is 23.2 Å². The van der Waals surface area contributed by atoms with Gasteiger partial charge >= 0.3 is 0 Å². The largest absolute Gasteiger partial charge is 0.496 e. The number of aromatic nitrogens is 1. The van der Waals surface area contributed by atoms with Crippen LogP contribution in [0.5, 0.6) is 5.75 Å². The Morgan fingerprint density at radius 3 is 2.67 bits per heavy atom. The van der Waals surface area contributed by atoms with E-state index in [1.165, 1.54) is 0 Å². The average molecular weight is 307 g/mol. The lowest BCUT2D eigenvalue weighted by molar-refractivity contribution is 0.413. The Bertz CT molecular complexity index is 530. The average Bonchev–Trinajstić information content (AvgIpc) is 2.16. The van der Waals surface area contributed by atoms with Crippen LogP contribution in [0.3, 0.4) is 0 Å². The van der Waals surface area contributed by atoms with Crippen LogP contribution < -0.4 is 4.74 Å². The molecule has 0 bridgehead atoms. The van der Waals surface area contributed by atoms with Gasteiger partial charge in [0, 0.05) is 5.39 Å². The van der Waals surface area contributed by atoms with Gasteiger partial charge in [-0.2, -0.15) is 0 Å². The zero-order chi connectivity index (χ0) is 11.0. The van der Waals surface area contributed by atoms with Crippen LogP contribution in [-0.4, -0.2) is 12.1 Å². The monoisotopic (exact) mass is 305 g/mol. The molecule has 78 valence electrons. The van der Waals surface area contributed by atoms with Crippen molar-refractivity contribution in [3.05, 3.63) is 33.0 Å². The summed E-state index contributed by atoms with van der Waals surface area (Å²) in [4.78, 5) is 3.97. The van der Waals surface area contributed by atoms with Gasteiger partial charge in [0.25, 0.3) is 0 Å². The highest BCUT2D eigenvalue weighted by Gasteiger charge is 2.07. The summed E-state index contributed by atoms with van der Waals surface area (Å²) < 4.78 is 6.03. The van der Waals surface area contributed by atoms with Crippen molar-refractivity contribution in [2.75, 3.05) is 7.11 Å². The Morgan fingerprint density at radius 2 is 2.00 bits per heavy atom. The summed E-state index contributed by atoms with van der Waals surface area (Å²) in [5, 5.41) is 2.50. The lowest BCUT2D eigenvalue weighted by Gasteiger charge is -2.06. The molecule has 0 fully saturated rings. The molecule has 0 aliphatic heterocycles. The molecule has 5 heteroatoms. The molecule has 0 saturated carbocycles. The molecule has 0 aliphatic carbocycles. The van der Waals surface area contributed by atoms with Crippen LogP contribution in [0.4, 0.5) is 0 Å². The van der Waals surface area contributed by atoms with Crippen LogP contribution >= 0.6 is 39.1 Å². The molecule has 1 aromatic carbocycles. The first-order valence-corrected chi connectivity index (χ1v) is 5.66. The van der Waals surface area contributed by atoms with E-state index in [4.69, 9.17) is 27.9 Å². The summed E-state index contributed by atoms with van der Waals surface area (Å²) in [7, 11) is 1.60. The van der Waals surface area contributed by atoms with Crippen molar-refractivity contribution in [2.24, 2.45) is 0 Å². The summed E-state index contributed by atoms with van der Waals surface area (Å²) in [6.45, 7) is 0. The number of fused-ring (bicyclic) bond motifs is 1. The molecule has 0 atom stereocenters. The fourth-order valence-corrected chi connectivity index (χ4v) is 2.36. The number of rotatable bonds is 1. The van der Waals surface area contributed by atoms with Crippen molar-refractivity contribution in [1.29, 1.82) is 0 Å². The fourth-order valence-electron chi connectivity index (χ4n) is 1.34. The molecule has 1 heterocycles. The summed E-state index contributed by atoms with van der Waals surface area (Å²) in [5.74, 6) is 0.716. The summed E-state index contributed by atoms with van der Waals surface area (Å²) in [6, 6.07) is 5.48. The van der Waals surface area contributed by atoms with E-state index >= 15 is 0 Å². The standard InChI is InChI=1S/C10H6BrCl2NO/c1-15-8-4-6-5(2-7(8)11)3-9(12)14-10(6)13/h2-4H,1H3. The van der Waals surface area contributed by atoms with Crippen LogP contribution in [-0.2, 0) is 0 Å². The van der Waals surface area contributed by atoms with E-state index in [1.807, 2.05) is 12.1 Å². The second kappa shape index (κ2) is 4.16. The Hall–Kier alpha value is -0.510. The van der Waals surface area contributed by atoms with Crippen molar-refractivity contribution in [1.82, 2.24) is 4.98 Å². The molecule has 0 N–H and O–H groups in total. The molecular weight excluding hydrogens is 301 g/mol. The van der Waals surface area contributed by atoms with Gasteiger partial charge in [-0.05, 0) is 39.5 Å². The molecule has 0 unspecified atom stereocenters. The van der Waals surface area contributed by atoms with E-state index < -0.39 is 0 Å². The third kappa shape index (κ3) is 2.05. The van der Waals surface area contributed by atoms with E-state index in [0.717, 1.165) is 15.2 Å². The molecule has 2 aromatic rings. The van der Waals surface area contributed by atoms with E-state index in [0.29, 0.717) is 16.1 Å². The van der Waals surface area contributed by atoms with Gasteiger partial charge < -0.3 is 4.74 Å². The Kier molecular flexibility index (Phi) is 3.05.